The fraction of sp³-hybridized carbons (Fsp3) is 0.269. The maximum absolute atomic E-state index is 12.8. The first-order chi connectivity index (χ1) is 17.0. The van der Waals surface area contributed by atoms with Crippen LogP contribution in [0, 0.1) is 0 Å². The Kier molecular flexibility index (Phi) is 7.35. The number of carbonyl (C=O) groups is 4. The van der Waals surface area contributed by atoms with Crippen molar-refractivity contribution >= 4 is 34.4 Å². The predicted molar refractivity (Wildman–Crippen MR) is 129 cm³/mol. The van der Waals surface area contributed by atoms with Gasteiger partial charge in [0.25, 0.3) is 11.8 Å². The summed E-state index contributed by atoms with van der Waals surface area (Å²) in [6.07, 6.45) is 2.55. The molecule has 2 heterocycles. The molecule has 1 aliphatic heterocycles. The van der Waals surface area contributed by atoms with Crippen molar-refractivity contribution in [3.8, 4) is 5.75 Å². The van der Waals surface area contributed by atoms with Crippen LogP contribution in [-0.2, 0) is 20.9 Å². The van der Waals surface area contributed by atoms with Crippen molar-refractivity contribution in [2.24, 2.45) is 0 Å². The third-order valence-electron chi connectivity index (χ3n) is 6.01. The standard InChI is InChI=1S/C26H26N4O5/c1-35-18-10-8-17(9-11-18)15-28-26(34)24(32)22-7-4-14-30(22)23(31)16-29-25(33)20-12-13-27-21-6-3-2-5-19(20)21/h2-3,5-6,8-13,22H,4,7,14-16H2,1H3,(H,28,34)(H,29,33)/t22-/m0/s1. The van der Waals surface area contributed by atoms with E-state index < -0.39 is 29.5 Å². The molecule has 1 aromatic heterocycles. The highest BCUT2D eigenvalue weighted by molar-refractivity contribution is 6.38. The SMILES string of the molecule is COc1ccc(CNC(=O)C(=O)[C@@H]2CCCN2C(=O)CNC(=O)c2ccnc3ccccc23)cc1. The van der Waals surface area contributed by atoms with Crippen molar-refractivity contribution in [2.75, 3.05) is 20.2 Å². The molecule has 9 heteroatoms. The van der Waals surface area contributed by atoms with Gasteiger partial charge < -0.3 is 20.3 Å². The van der Waals surface area contributed by atoms with Crippen LogP contribution in [0.4, 0.5) is 0 Å². The van der Waals surface area contributed by atoms with E-state index in [2.05, 4.69) is 15.6 Å². The van der Waals surface area contributed by atoms with E-state index in [1.807, 2.05) is 12.1 Å². The average Bonchev–Trinajstić information content (AvgIpc) is 3.39. The Morgan fingerprint density at radius 3 is 2.57 bits per heavy atom. The number of nitrogens with one attached hydrogen (secondary N) is 2. The summed E-state index contributed by atoms with van der Waals surface area (Å²) in [5, 5.41) is 5.93. The number of ketones is 1. The fourth-order valence-electron chi connectivity index (χ4n) is 4.15. The van der Waals surface area contributed by atoms with Crippen LogP contribution in [0.5, 0.6) is 5.75 Å². The number of rotatable bonds is 8. The van der Waals surface area contributed by atoms with E-state index in [4.69, 9.17) is 4.74 Å². The minimum atomic E-state index is -0.836. The maximum Gasteiger partial charge on any atom is 0.289 e. The molecule has 180 valence electrons. The highest BCUT2D eigenvalue weighted by atomic mass is 16.5. The van der Waals surface area contributed by atoms with Gasteiger partial charge in [-0.25, -0.2) is 0 Å². The molecule has 1 atom stereocenters. The number of benzene rings is 2. The van der Waals surface area contributed by atoms with Crippen LogP contribution in [-0.4, -0.2) is 59.6 Å². The fourth-order valence-corrected chi connectivity index (χ4v) is 4.15. The van der Waals surface area contributed by atoms with E-state index >= 15 is 0 Å². The molecule has 1 saturated heterocycles. The van der Waals surface area contributed by atoms with Crippen molar-refractivity contribution in [1.29, 1.82) is 0 Å². The quantitative estimate of drug-likeness (QED) is 0.481. The van der Waals surface area contributed by atoms with E-state index in [1.54, 1.807) is 55.8 Å². The summed E-state index contributed by atoms with van der Waals surface area (Å²) in [5.74, 6) is -1.51. The summed E-state index contributed by atoms with van der Waals surface area (Å²) in [7, 11) is 1.57. The molecular formula is C26H26N4O5. The monoisotopic (exact) mass is 474 g/mol. The summed E-state index contributed by atoms with van der Waals surface area (Å²) < 4.78 is 5.11. The summed E-state index contributed by atoms with van der Waals surface area (Å²) in [6.45, 7) is 0.271. The van der Waals surface area contributed by atoms with Crippen LogP contribution < -0.4 is 15.4 Å². The molecule has 0 spiro atoms. The number of fused-ring (bicyclic) bond motifs is 1. The Balaban J connectivity index is 1.33. The number of hydrogen-bond donors (Lipinski definition) is 2. The van der Waals surface area contributed by atoms with Crippen molar-refractivity contribution < 1.29 is 23.9 Å². The molecule has 0 saturated carbocycles. The number of aromatic nitrogens is 1. The third-order valence-corrected chi connectivity index (χ3v) is 6.01. The number of ether oxygens (including phenoxy) is 1. The second-order valence-corrected chi connectivity index (χ2v) is 8.20. The van der Waals surface area contributed by atoms with E-state index in [1.165, 1.54) is 4.90 Å². The van der Waals surface area contributed by atoms with Gasteiger partial charge in [-0.15, -0.1) is 0 Å². The van der Waals surface area contributed by atoms with Crippen molar-refractivity contribution in [3.05, 3.63) is 71.9 Å². The van der Waals surface area contributed by atoms with Crippen molar-refractivity contribution in [3.63, 3.8) is 0 Å². The summed E-state index contributed by atoms with van der Waals surface area (Å²) >= 11 is 0. The molecule has 2 aromatic carbocycles. The molecule has 0 radical (unpaired) electrons. The first-order valence-corrected chi connectivity index (χ1v) is 11.3. The molecule has 3 aromatic rings. The largest absolute Gasteiger partial charge is 0.497 e. The Bertz CT molecular complexity index is 1250. The maximum atomic E-state index is 12.8. The first kappa shape index (κ1) is 23.9. The van der Waals surface area contributed by atoms with Crippen LogP contribution in [0.15, 0.2) is 60.8 Å². The van der Waals surface area contributed by atoms with Gasteiger partial charge in [-0.2, -0.15) is 0 Å². The Labute approximate surface area is 202 Å². The molecule has 1 aliphatic rings. The molecule has 1 fully saturated rings. The Morgan fingerprint density at radius 2 is 1.80 bits per heavy atom. The summed E-state index contributed by atoms with van der Waals surface area (Å²) in [5.41, 5.74) is 1.91. The van der Waals surface area contributed by atoms with E-state index in [0.717, 1.165) is 5.56 Å². The van der Waals surface area contributed by atoms with E-state index in [-0.39, 0.29) is 13.1 Å². The second-order valence-electron chi connectivity index (χ2n) is 8.20. The van der Waals surface area contributed by atoms with Crippen molar-refractivity contribution in [2.45, 2.75) is 25.4 Å². The number of carbonyl (C=O) groups excluding carboxylic acids is 4. The lowest BCUT2D eigenvalue weighted by Crippen LogP contribution is -2.49. The lowest BCUT2D eigenvalue weighted by Gasteiger charge is -2.23. The molecule has 4 rings (SSSR count). The zero-order chi connectivity index (χ0) is 24.8. The molecule has 0 unspecified atom stereocenters. The number of para-hydroxylation sites is 1. The molecule has 35 heavy (non-hydrogen) atoms. The van der Waals surface area contributed by atoms with Crippen LogP contribution in [0.1, 0.15) is 28.8 Å². The van der Waals surface area contributed by atoms with Gasteiger partial charge in [0, 0.05) is 24.7 Å². The van der Waals surface area contributed by atoms with Crippen LogP contribution in [0.25, 0.3) is 10.9 Å². The average molecular weight is 475 g/mol. The Hall–Kier alpha value is -4.27. The predicted octanol–water partition coefficient (Wildman–Crippen LogP) is 1.85. The number of methoxy groups -OCH3 is 1. The van der Waals surface area contributed by atoms with Crippen LogP contribution in [0.2, 0.25) is 0 Å². The van der Waals surface area contributed by atoms with Gasteiger partial charge in [0.05, 0.1) is 24.7 Å². The first-order valence-electron chi connectivity index (χ1n) is 11.3. The number of hydrogen-bond acceptors (Lipinski definition) is 6. The van der Waals surface area contributed by atoms with E-state index in [9.17, 15) is 19.2 Å². The smallest absolute Gasteiger partial charge is 0.289 e. The molecule has 9 nitrogen and oxygen atoms in total. The van der Waals surface area contributed by atoms with Crippen LogP contribution >= 0.6 is 0 Å². The highest BCUT2D eigenvalue weighted by Crippen LogP contribution is 2.19. The Morgan fingerprint density at radius 1 is 1.03 bits per heavy atom. The van der Waals surface area contributed by atoms with Gasteiger partial charge in [0.1, 0.15) is 11.8 Å². The molecule has 0 bridgehead atoms. The van der Waals surface area contributed by atoms with E-state index in [0.29, 0.717) is 41.6 Å². The zero-order valence-electron chi connectivity index (χ0n) is 19.3. The van der Waals surface area contributed by atoms with Crippen LogP contribution in [0.3, 0.4) is 0 Å². The zero-order valence-corrected chi connectivity index (χ0v) is 19.3. The van der Waals surface area contributed by atoms with Gasteiger partial charge >= 0.3 is 0 Å². The number of likely N-dealkylation sites (tertiary alicyclic amines) is 1. The third kappa shape index (κ3) is 5.46. The molecule has 3 amide bonds. The normalized spacial score (nSPS) is 15.0. The lowest BCUT2D eigenvalue weighted by atomic mass is 10.1. The summed E-state index contributed by atoms with van der Waals surface area (Å²) in [6, 6.07) is 15.1. The van der Waals surface area contributed by atoms with Gasteiger partial charge in [0.2, 0.25) is 11.7 Å². The van der Waals surface area contributed by atoms with Gasteiger partial charge in [-0.05, 0) is 42.7 Å². The van der Waals surface area contributed by atoms with Crippen molar-refractivity contribution in [1.82, 2.24) is 20.5 Å². The highest BCUT2D eigenvalue weighted by Gasteiger charge is 2.37. The summed E-state index contributed by atoms with van der Waals surface area (Å²) in [4.78, 5) is 56.4. The molecular weight excluding hydrogens is 448 g/mol. The topological polar surface area (TPSA) is 118 Å². The number of pyridine rings is 1. The minimum absolute atomic E-state index is 0.186. The molecule has 0 aliphatic carbocycles. The minimum Gasteiger partial charge on any atom is -0.497 e. The van der Waals surface area contributed by atoms with Gasteiger partial charge in [-0.3, -0.25) is 24.2 Å². The van der Waals surface area contributed by atoms with Gasteiger partial charge in [-0.1, -0.05) is 30.3 Å². The number of nitrogens with zero attached hydrogens (tertiary/aromatic N) is 2. The number of amides is 3. The van der Waals surface area contributed by atoms with Gasteiger partial charge in [0.15, 0.2) is 0 Å². The number of Topliss-reactive ketones (excluding diaryl/α,β-unsaturated/α-hetero) is 1. The second kappa shape index (κ2) is 10.8. The molecule has 2 N–H and O–H groups in total. The lowest BCUT2D eigenvalue weighted by molar-refractivity contribution is -0.144.